The van der Waals surface area contributed by atoms with E-state index in [4.69, 9.17) is 0 Å². The van der Waals surface area contributed by atoms with Gasteiger partial charge in [0.25, 0.3) is 0 Å². The summed E-state index contributed by atoms with van der Waals surface area (Å²) < 4.78 is 24.3. The van der Waals surface area contributed by atoms with Gasteiger partial charge in [-0.2, -0.15) is 8.42 Å². The van der Waals surface area contributed by atoms with Gasteiger partial charge in [-0.3, -0.25) is 0 Å². The van der Waals surface area contributed by atoms with Gasteiger partial charge in [0.1, 0.15) is 6.04 Å². The van der Waals surface area contributed by atoms with Gasteiger partial charge in [-0.1, -0.05) is 17.7 Å². The molecule has 0 bridgehead atoms. The fraction of sp³-hybridized carbons (Fsp3) is 0.400. The lowest BCUT2D eigenvalue weighted by Gasteiger charge is -2.17. The third-order valence-electron chi connectivity index (χ3n) is 2.17. The van der Waals surface area contributed by atoms with Crippen LogP contribution in [0, 0.1) is 17.0 Å². The molecule has 94 valence electrons. The van der Waals surface area contributed by atoms with E-state index in [9.17, 15) is 18.5 Å². The van der Waals surface area contributed by atoms with Crippen molar-refractivity contribution in [2.45, 2.75) is 31.7 Å². The number of rotatable bonds is 4. The molecule has 0 heterocycles. The Morgan fingerprint density at radius 2 is 1.71 bits per heavy atom. The molecule has 0 saturated carbocycles. The minimum absolute atomic E-state index is 0.0755. The van der Waals surface area contributed by atoms with Gasteiger partial charge in [0.2, 0.25) is 0 Å². The third kappa shape index (κ3) is 2.73. The van der Waals surface area contributed by atoms with Crippen LogP contribution in [0.15, 0.2) is 29.2 Å². The molecule has 0 aliphatic carbocycles. The highest BCUT2D eigenvalue weighted by Crippen LogP contribution is 2.18. The van der Waals surface area contributed by atoms with Crippen LogP contribution in [0.25, 0.3) is 0 Å². The summed E-state index contributed by atoms with van der Waals surface area (Å²) in [5.41, 5.74) is 0.890. The number of nitrogens with zero attached hydrogens (tertiary/aromatic N) is 2. The lowest BCUT2D eigenvalue weighted by Crippen LogP contribution is -2.41. The van der Waals surface area contributed by atoms with Crippen LogP contribution in [-0.4, -0.2) is 23.9 Å². The van der Waals surface area contributed by atoms with Gasteiger partial charge < -0.3 is 0 Å². The molecular formula is C10H14N2O4S. The van der Waals surface area contributed by atoms with Gasteiger partial charge in [-0.15, -0.1) is 0 Å². The van der Waals surface area contributed by atoms with E-state index < -0.39 is 21.1 Å². The monoisotopic (exact) mass is 258 g/mol. The molecule has 0 unspecified atom stereocenters. The van der Waals surface area contributed by atoms with Crippen molar-refractivity contribution in [2.75, 3.05) is 0 Å². The molecule has 17 heavy (non-hydrogen) atoms. The van der Waals surface area contributed by atoms with Crippen LogP contribution in [0.4, 0.5) is 0 Å². The highest BCUT2D eigenvalue weighted by molar-refractivity contribution is 7.89. The highest BCUT2D eigenvalue weighted by Gasteiger charge is 2.35. The van der Waals surface area contributed by atoms with Crippen LogP contribution in [0.1, 0.15) is 19.4 Å². The van der Waals surface area contributed by atoms with Crippen molar-refractivity contribution in [3.05, 3.63) is 39.9 Å². The Morgan fingerprint density at radius 3 is 2.06 bits per heavy atom. The molecule has 6 nitrogen and oxygen atoms in total. The molecule has 1 rings (SSSR count). The summed E-state index contributed by atoms with van der Waals surface area (Å²) in [5.74, 6) is 0. The zero-order chi connectivity index (χ0) is 13.2. The number of hydrogen-bond acceptors (Lipinski definition) is 4. The summed E-state index contributed by atoms with van der Waals surface area (Å²) in [6.07, 6.45) is 0. The topological polar surface area (TPSA) is 80.5 Å². The fourth-order valence-corrected chi connectivity index (χ4v) is 2.80. The van der Waals surface area contributed by atoms with E-state index in [0.717, 1.165) is 5.56 Å². The maximum atomic E-state index is 12.0. The van der Waals surface area contributed by atoms with Crippen molar-refractivity contribution in [1.82, 2.24) is 4.41 Å². The number of aryl methyl sites for hydroxylation is 1. The first-order chi connectivity index (χ1) is 7.76. The van der Waals surface area contributed by atoms with Crippen LogP contribution < -0.4 is 0 Å². The fourth-order valence-electron chi connectivity index (χ4n) is 1.37. The van der Waals surface area contributed by atoms with Crippen LogP contribution >= 0.6 is 0 Å². The highest BCUT2D eigenvalue weighted by atomic mass is 32.2. The Kier molecular flexibility index (Phi) is 3.72. The van der Waals surface area contributed by atoms with Crippen molar-refractivity contribution in [3.8, 4) is 0 Å². The number of hydrogen-bond donors (Lipinski definition) is 0. The minimum Gasteiger partial charge on any atom is -0.234 e. The van der Waals surface area contributed by atoms with Gasteiger partial charge in [0.15, 0.2) is 5.03 Å². The minimum atomic E-state index is -4.08. The molecule has 0 amide bonds. The molecule has 0 radical (unpaired) electrons. The lowest BCUT2D eigenvalue weighted by molar-refractivity contribution is -0.626. The molecule has 0 aliphatic rings. The van der Waals surface area contributed by atoms with Crippen molar-refractivity contribution < 1.29 is 13.5 Å². The summed E-state index contributed by atoms with van der Waals surface area (Å²) in [6.45, 7) is 4.72. The Hall–Kier alpha value is -1.63. The van der Waals surface area contributed by atoms with Crippen LogP contribution in [-0.2, 0) is 10.0 Å². The third-order valence-corrected chi connectivity index (χ3v) is 4.08. The first-order valence-electron chi connectivity index (χ1n) is 5.02. The van der Waals surface area contributed by atoms with Crippen molar-refractivity contribution >= 4 is 10.0 Å². The normalized spacial score (nSPS) is 11.5. The second-order valence-corrected chi connectivity index (χ2v) is 5.72. The lowest BCUT2D eigenvalue weighted by atomic mass is 10.2. The molecule has 7 heteroatoms. The maximum absolute atomic E-state index is 12.0. The van der Waals surface area contributed by atoms with E-state index in [2.05, 4.69) is 0 Å². The SMILES string of the molecule is Cc1ccc(S(=O)(=O)N(C(C)C)[N+](=O)[O-])cc1. The second kappa shape index (κ2) is 4.70. The Bertz CT molecular complexity index is 508. The molecule has 0 fully saturated rings. The summed E-state index contributed by atoms with van der Waals surface area (Å²) in [6, 6.07) is 5.19. The molecule has 0 N–H and O–H groups in total. The van der Waals surface area contributed by atoms with E-state index in [1.54, 1.807) is 12.1 Å². The molecule has 1 aromatic carbocycles. The largest absolute Gasteiger partial charge is 0.313 e. The second-order valence-electron chi connectivity index (χ2n) is 3.92. The van der Waals surface area contributed by atoms with E-state index in [1.807, 2.05) is 6.92 Å². The van der Waals surface area contributed by atoms with E-state index in [1.165, 1.54) is 26.0 Å². The summed E-state index contributed by atoms with van der Waals surface area (Å²) in [5, 5.41) is 9.88. The van der Waals surface area contributed by atoms with Gasteiger partial charge in [-0.05, 0) is 37.3 Å². The zero-order valence-corrected chi connectivity index (χ0v) is 10.6. The molecule has 0 atom stereocenters. The number of benzene rings is 1. The van der Waals surface area contributed by atoms with Crippen molar-refractivity contribution in [3.63, 3.8) is 0 Å². The summed E-state index contributed by atoms with van der Waals surface area (Å²) in [7, 11) is -4.08. The molecule has 0 aromatic heterocycles. The van der Waals surface area contributed by atoms with E-state index in [0.29, 0.717) is 0 Å². The average molecular weight is 258 g/mol. The zero-order valence-electron chi connectivity index (χ0n) is 9.82. The molecule has 0 saturated heterocycles. The quantitative estimate of drug-likeness (QED) is 0.606. The van der Waals surface area contributed by atoms with Crippen LogP contribution in [0.3, 0.4) is 0 Å². The van der Waals surface area contributed by atoms with Gasteiger partial charge in [0, 0.05) is 0 Å². The molecule has 0 spiro atoms. The average Bonchev–Trinajstić information content (AvgIpc) is 2.16. The standard InChI is InChI=1S/C10H14N2O4S/c1-8(2)11(12(13)14)17(15,16)10-6-4-9(3)5-7-10/h4-8H,1-3H3. The smallest absolute Gasteiger partial charge is 0.234 e. The van der Waals surface area contributed by atoms with Gasteiger partial charge >= 0.3 is 10.0 Å². The Labute approximate surface area is 100 Å². The van der Waals surface area contributed by atoms with E-state index in [-0.39, 0.29) is 9.31 Å². The van der Waals surface area contributed by atoms with Gasteiger partial charge in [0.05, 0.1) is 4.90 Å². The number of sulfonamides is 1. The Morgan fingerprint density at radius 1 is 1.24 bits per heavy atom. The van der Waals surface area contributed by atoms with Crippen LogP contribution in [0.2, 0.25) is 0 Å². The van der Waals surface area contributed by atoms with Crippen molar-refractivity contribution in [2.24, 2.45) is 0 Å². The predicted octanol–water partition coefficient (Wildman–Crippen LogP) is 1.59. The predicted molar refractivity (Wildman–Crippen MR) is 62.3 cm³/mol. The number of hydrazine groups is 1. The van der Waals surface area contributed by atoms with E-state index >= 15 is 0 Å². The first kappa shape index (κ1) is 13.4. The van der Waals surface area contributed by atoms with Crippen LogP contribution in [0.5, 0.6) is 0 Å². The maximum Gasteiger partial charge on any atom is 0.313 e. The summed E-state index contributed by atoms with van der Waals surface area (Å²) in [4.78, 5) is 10.7. The molecule has 1 aromatic rings. The van der Waals surface area contributed by atoms with Gasteiger partial charge in [-0.25, -0.2) is 10.1 Å². The first-order valence-corrected chi connectivity index (χ1v) is 6.46. The molecule has 0 aliphatic heterocycles. The molecular weight excluding hydrogens is 244 g/mol. The summed E-state index contributed by atoms with van der Waals surface area (Å²) >= 11 is 0. The van der Waals surface area contributed by atoms with Crippen molar-refractivity contribution in [1.29, 1.82) is 0 Å². The number of nitro groups is 1. The Balaban J connectivity index is 3.26.